The third-order valence-electron chi connectivity index (χ3n) is 1.50. The first-order valence-electron chi connectivity index (χ1n) is 3.89. The van der Waals surface area contributed by atoms with Crippen molar-refractivity contribution >= 4 is 32.4 Å². The summed E-state index contributed by atoms with van der Waals surface area (Å²) in [6.45, 7) is 2.46. The lowest BCUT2D eigenvalue weighted by molar-refractivity contribution is 0.391. The highest BCUT2D eigenvalue weighted by Crippen LogP contribution is 2.20. The van der Waals surface area contributed by atoms with E-state index in [4.69, 9.17) is 4.52 Å². The van der Waals surface area contributed by atoms with E-state index in [1.807, 2.05) is 13.0 Å². The van der Waals surface area contributed by atoms with E-state index in [0.29, 0.717) is 6.54 Å². The van der Waals surface area contributed by atoms with Gasteiger partial charge in [-0.15, -0.1) is 10.2 Å². The number of halogens is 1. The molecule has 5 nitrogen and oxygen atoms in total. The molecule has 0 unspecified atom stereocenters. The van der Waals surface area contributed by atoms with Gasteiger partial charge in [0.1, 0.15) is 11.5 Å². The highest BCUT2D eigenvalue weighted by atomic mass is 79.9. The summed E-state index contributed by atoms with van der Waals surface area (Å²) in [4.78, 5) is 0. The molecule has 0 bridgehead atoms. The van der Waals surface area contributed by atoms with Crippen molar-refractivity contribution in [2.75, 3.05) is 5.32 Å². The molecule has 14 heavy (non-hydrogen) atoms. The van der Waals surface area contributed by atoms with Gasteiger partial charge in [-0.3, -0.25) is 0 Å². The third-order valence-corrected chi connectivity index (χ3v) is 2.81. The summed E-state index contributed by atoms with van der Waals surface area (Å²) < 4.78 is 5.69. The van der Waals surface area contributed by atoms with Crippen molar-refractivity contribution in [3.8, 4) is 0 Å². The maximum absolute atomic E-state index is 4.93. The third kappa shape index (κ3) is 2.30. The number of anilines is 1. The van der Waals surface area contributed by atoms with Crippen LogP contribution in [0.1, 0.15) is 11.5 Å². The molecule has 0 radical (unpaired) electrons. The van der Waals surface area contributed by atoms with E-state index < -0.39 is 0 Å². The lowest BCUT2D eigenvalue weighted by atomic mass is 10.4. The van der Waals surface area contributed by atoms with E-state index in [1.54, 1.807) is 0 Å². The van der Waals surface area contributed by atoms with E-state index in [9.17, 15) is 0 Å². The van der Waals surface area contributed by atoms with Gasteiger partial charge in [0, 0.05) is 6.07 Å². The minimum atomic E-state index is 0.596. The standard InChI is InChI=1S/C7H7BrN4OS/c1-4-2-5(12-13-4)3-9-7-11-10-6(8)14-7/h2H,3H2,1H3,(H,9,11). The van der Waals surface area contributed by atoms with Crippen molar-refractivity contribution in [1.82, 2.24) is 15.4 Å². The molecule has 2 heterocycles. The van der Waals surface area contributed by atoms with E-state index in [0.717, 1.165) is 20.5 Å². The van der Waals surface area contributed by atoms with E-state index in [1.165, 1.54) is 11.3 Å². The van der Waals surface area contributed by atoms with Gasteiger partial charge in [-0.25, -0.2) is 0 Å². The average Bonchev–Trinajstić information content (AvgIpc) is 2.72. The molecule has 0 spiro atoms. The molecule has 0 aromatic carbocycles. The van der Waals surface area contributed by atoms with Gasteiger partial charge in [-0.2, -0.15) is 0 Å². The Balaban J connectivity index is 1.94. The fraction of sp³-hybridized carbons (Fsp3) is 0.286. The van der Waals surface area contributed by atoms with E-state index in [-0.39, 0.29) is 0 Å². The number of nitrogens with zero attached hydrogens (tertiary/aromatic N) is 3. The van der Waals surface area contributed by atoms with Crippen molar-refractivity contribution in [3.63, 3.8) is 0 Å². The Hall–Kier alpha value is -0.950. The summed E-state index contributed by atoms with van der Waals surface area (Å²) in [5.74, 6) is 0.806. The second kappa shape index (κ2) is 4.05. The predicted octanol–water partition coefficient (Wildman–Crippen LogP) is 2.21. The maximum atomic E-state index is 4.93. The van der Waals surface area contributed by atoms with Crippen LogP contribution in [0.2, 0.25) is 0 Å². The molecule has 0 aliphatic heterocycles. The first-order valence-corrected chi connectivity index (χ1v) is 5.50. The Morgan fingerprint density at radius 2 is 2.43 bits per heavy atom. The molecule has 0 fully saturated rings. The normalized spacial score (nSPS) is 10.4. The van der Waals surface area contributed by atoms with Crippen molar-refractivity contribution < 1.29 is 4.52 Å². The molecule has 7 heteroatoms. The molecule has 2 aromatic rings. The Morgan fingerprint density at radius 3 is 3.00 bits per heavy atom. The zero-order valence-electron chi connectivity index (χ0n) is 7.32. The summed E-state index contributed by atoms with van der Waals surface area (Å²) in [5, 5.41) is 15.4. The topological polar surface area (TPSA) is 63.8 Å². The van der Waals surface area contributed by atoms with Crippen LogP contribution in [0.5, 0.6) is 0 Å². The van der Waals surface area contributed by atoms with E-state index >= 15 is 0 Å². The molecule has 1 N–H and O–H groups in total. The second-order valence-corrected chi connectivity index (χ2v) is 4.90. The van der Waals surface area contributed by atoms with Crippen molar-refractivity contribution in [2.24, 2.45) is 0 Å². The molecule has 0 aliphatic rings. The van der Waals surface area contributed by atoms with Crippen LogP contribution in [0.25, 0.3) is 0 Å². The quantitative estimate of drug-likeness (QED) is 0.930. The van der Waals surface area contributed by atoms with Crippen LogP contribution in [0.4, 0.5) is 5.13 Å². The molecule has 2 aromatic heterocycles. The molecule has 0 amide bonds. The largest absolute Gasteiger partial charge is 0.361 e. The van der Waals surface area contributed by atoms with Gasteiger partial charge in [0.05, 0.1) is 6.54 Å². The fourth-order valence-corrected chi connectivity index (χ4v) is 1.95. The van der Waals surface area contributed by atoms with Crippen molar-refractivity contribution in [3.05, 3.63) is 21.4 Å². The van der Waals surface area contributed by atoms with Gasteiger partial charge in [-0.05, 0) is 22.9 Å². The zero-order valence-corrected chi connectivity index (χ0v) is 9.72. The minimum Gasteiger partial charge on any atom is -0.361 e. The lowest BCUT2D eigenvalue weighted by Crippen LogP contribution is -1.98. The second-order valence-electron chi connectivity index (χ2n) is 2.64. The Bertz CT molecular complexity index is 387. The summed E-state index contributed by atoms with van der Waals surface area (Å²) in [6, 6.07) is 1.88. The first-order chi connectivity index (χ1) is 6.74. The van der Waals surface area contributed by atoms with Gasteiger partial charge in [0.15, 0.2) is 3.92 Å². The molecule has 0 aliphatic carbocycles. The molecule has 0 atom stereocenters. The number of rotatable bonds is 3. The summed E-state index contributed by atoms with van der Waals surface area (Å²) in [5.41, 5.74) is 0.855. The number of hydrogen-bond acceptors (Lipinski definition) is 6. The highest BCUT2D eigenvalue weighted by molar-refractivity contribution is 9.11. The summed E-state index contributed by atoms with van der Waals surface area (Å²) >= 11 is 4.67. The number of nitrogens with one attached hydrogen (secondary N) is 1. The molecular weight excluding hydrogens is 268 g/mol. The van der Waals surface area contributed by atoms with Gasteiger partial charge < -0.3 is 9.84 Å². The van der Waals surface area contributed by atoms with E-state index in [2.05, 4.69) is 36.6 Å². The van der Waals surface area contributed by atoms with Gasteiger partial charge >= 0.3 is 0 Å². The predicted molar refractivity (Wildman–Crippen MR) is 56.2 cm³/mol. The highest BCUT2D eigenvalue weighted by Gasteiger charge is 2.03. The van der Waals surface area contributed by atoms with Gasteiger partial charge in [0.2, 0.25) is 5.13 Å². The van der Waals surface area contributed by atoms with Crippen LogP contribution < -0.4 is 5.32 Å². The van der Waals surface area contributed by atoms with Gasteiger partial charge in [-0.1, -0.05) is 16.5 Å². The van der Waals surface area contributed by atoms with Crippen molar-refractivity contribution in [2.45, 2.75) is 13.5 Å². The Morgan fingerprint density at radius 1 is 1.57 bits per heavy atom. The first kappa shape index (κ1) is 9.60. The molecule has 2 rings (SSSR count). The minimum absolute atomic E-state index is 0.596. The average molecular weight is 275 g/mol. The molecule has 0 saturated carbocycles. The lowest BCUT2D eigenvalue weighted by Gasteiger charge is -1.95. The van der Waals surface area contributed by atoms with Crippen LogP contribution >= 0.6 is 27.3 Å². The summed E-state index contributed by atoms with van der Waals surface area (Å²) in [6.07, 6.45) is 0. The van der Waals surface area contributed by atoms with Crippen LogP contribution in [0.3, 0.4) is 0 Å². The van der Waals surface area contributed by atoms with Gasteiger partial charge in [0.25, 0.3) is 0 Å². The Kier molecular flexibility index (Phi) is 2.78. The SMILES string of the molecule is Cc1cc(CNc2nnc(Br)s2)no1. The number of hydrogen-bond donors (Lipinski definition) is 1. The Labute approximate surface area is 92.6 Å². The smallest absolute Gasteiger partial charge is 0.206 e. The van der Waals surface area contributed by atoms with Crippen LogP contribution in [-0.2, 0) is 6.54 Å². The number of aryl methyl sites for hydroxylation is 1. The van der Waals surface area contributed by atoms with Crippen LogP contribution in [0, 0.1) is 6.92 Å². The van der Waals surface area contributed by atoms with Crippen LogP contribution in [0.15, 0.2) is 14.5 Å². The molecule has 0 saturated heterocycles. The zero-order chi connectivity index (χ0) is 9.97. The summed E-state index contributed by atoms with van der Waals surface area (Å²) in [7, 11) is 0. The molecular formula is C7H7BrN4OS. The van der Waals surface area contributed by atoms with Crippen LogP contribution in [-0.4, -0.2) is 15.4 Å². The number of aromatic nitrogens is 3. The van der Waals surface area contributed by atoms with Crippen molar-refractivity contribution in [1.29, 1.82) is 0 Å². The monoisotopic (exact) mass is 274 g/mol. The fourth-order valence-electron chi connectivity index (χ4n) is 0.944. The molecule has 74 valence electrons. The maximum Gasteiger partial charge on any atom is 0.206 e.